The lowest BCUT2D eigenvalue weighted by molar-refractivity contribution is 0.0992. The largest absolute Gasteiger partial charge is 0.360 e. The van der Waals surface area contributed by atoms with E-state index in [0.717, 1.165) is 12.2 Å². The molecule has 0 spiro atoms. The molecular formula is C11H13N5OS. The molecule has 0 aliphatic rings. The summed E-state index contributed by atoms with van der Waals surface area (Å²) in [7, 11) is 1.69. The van der Waals surface area contributed by atoms with Crippen molar-refractivity contribution in [2.24, 2.45) is 0 Å². The zero-order chi connectivity index (χ0) is 13.0. The number of nitrogens with one attached hydrogen (secondary N) is 1. The molecule has 0 fully saturated rings. The highest BCUT2D eigenvalue weighted by atomic mass is 32.1. The van der Waals surface area contributed by atoms with Crippen molar-refractivity contribution in [3.8, 4) is 0 Å². The summed E-state index contributed by atoms with van der Waals surface area (Å²) in [5.41, 5.74) is 0.725. The highest BCUT2D eigenvalue weighted by molar-refractivity contribution is 7.17. The molecule has 0 saturated carbocycles. The summed E-state index contributed by atoms with van der Waals surface area (Å²) in [6.45, 7) is 2.71. The molecule has 6 nitrogen and oxygen atoms in total. The monoisotopic (exact) mass is 263 g/mol. The van der Waals surface area contributed by atoms with Crippen molar-refractivity contribution in [1.82, 2.24) is 15.2 Å². The van der Waals surface area contributed by atoms with Crippen LogP contribution in [0.5, 0.6) is 0 Å². The van der Waals surface area contributed by atoms with Gasteiger partial charge in [-0.2, -0.15) is 0 Å². The molecule has 18 heavy (non-hydrogen) atoms. The molecule has 94 valence electrons. The molecule has 2 rings (SSSR count). The lowest BCUT2D eigenvalue weighted by Gasteiger charge is -2.14. The summed E-state index contributed by atoms with van der Waals surface area (Å²) < 4.78 is 0. The minimum Gasteiger partial charge on any atom is -0.360 e. The first-order valence-electron chi connectivity index (χ1n) is 5.48. The van der Waals surface area contributed by atoms with Crippen LogP contribution in [0.4, 0.5) is 10.8 Å². The van der Waals surface area contributed by atoms with Crippen molar-refractivity contribution in [2.75, 3.05) is 23.8 Å². The number of pyridine rings is 1. The zero-order valence-electron chi connectivity index (χ0n) is 10.1. The summed E-state index contributed by atoms with van der Waals surface area (Å²) in [5.74, 6) is -0.190. The van der Waals surface area contributed by atoms with Gasteiger partial charge in [0.15, 0.2) is 0 Å². The molecule has 0 atom stereocenters. The minimum atomic E-state index is -0.190. The highest BCUT2D eigenvalue weighted by Crippen LogP contribution is 2.19. The number of amides is 1. The summed E-state index contributed by atoms with van der Waals surface area (Å²) >= 11 is 1.24. The summed E-state index contributed by atoms with van der Waals surface area (Å²) in [6, 6.07) is 3.60. The Balaban J connectivity index is 2.15. The average molecular weight is 263 g/mol. The number of anilines is 2. The molecular weight excluding hydrogens is 250 g/mol. The van der Waals surface area contributed by atoms with Gasteiger partial charge >= 0.3 is 0 Å². The molecule has 0 radical (unpaired) electrons. The standard InChI is InChI=1S/C11H13N5OS/c1-3-13-11-15-14-9(18-11)10(17)16(2)8-5-4-6-12-7-8/h4-7H,3H2,1-2H3,(H,13,15). The Kier molecular flexibility index (Phi) is 3.83. The number of carbonyl (C=O) groups excluding carboxylic acids is 1. The van der Waals surface area contributed by atoms with Gasteiger partial charge in [-0.15, -0.1) is 10.2 Å². The van der Waals surface area contributed by atoms with E-state index in [1.807, 2.05) is 13.0 Å². The van der Waals surface area contributed by atoms with Crippen LogP contribution in [0.25, 0.3) is 0 Å². The van der Waals surface area contributed by atoms with Crippen molar-refractivity contribution in [3.63, 3.8) is 0 Å². The Bertz CT molecular complexity index is 527. The summed E-state index contributed by atoms with van der Waals surface area (Å²) in [4.78, 5) is 17.6. The van der Waals surface area contributed by atoms with Gasteiger partial charge in [-0.05, 0) is 19.1 Å². The molecule has 2 aromatic rings. The average Bonchev–Trinajstić information content (AvgIpc) is 2.87. The molecule has 2 aromatic heterocycles. The maximum atomic E-state index is 12.1. The van der Waals surface area contributed by atoms with Crippen molar-refractivity contribution >= 4 is 28.1 Å². The first kappa shape index (κ1) is 12.4. The molecule has 0 aliphatic heterocycles. The second-order valence-corrected chi connectivity index (χ2v) is 4.50. The highest BCUT2D eigenvalue weighted by Gasteiger charge is 2.18. The first-order chi connectivity index (χ1) is 8.72. The third-order valence-electron chi connectivity index (χ3n) is 2.27. The number of aromatic nitrogens is 3. The van der Waals surface area contributed by atoms with E-state index in [9.17, 15) is 4.79 Å². The van der Waals surface area contributed by atoms with E-state index in [0.29, 0.717) is 10.1 Å². The Hall–Kier alpha value is -2.02. The van der Waals surface area contributed by atoms with Crippen molar-refractivity contribution in [1.29, 1.82) is 0 Å². The molecule has 2 heterocycles. The van der Waals surface area contributed by atoms with Crippen LogP contribution in [-0.2, 0) is 0 Å². The number of hydrogen-bond donors (Lipinski definition) is 1. The number of carbonyl (C=O) groups is 1. The predicted octanol–water partition coefficient (Wildman–Crippen LogP) is 1.64. The van der Waals surface area contributed by atoms with Crippen LogP contribution >= 0.6 is 11.3 Å². The first-order valence-corrected chi connectivity index (χ1v) is 6.29. The smallest absolute Gasteiger partial charge is 0.289 e. The summed E-state index contributed by atoms with van der Waals surface area (Å²) in [6.07, 6.45) is 3.29. The second kappa shape index (κ2) is 5.54. The van der Waals surface area contributed by atoms with Gasteiger partial charge in [-0.25, -0.2) is 0 Å². The van der Waals surface area contributed by atoms with Crippen LogP contribution in [0, 0.1) is 0 Å². The Morgan fingerprint density at radius 3 is 3.00 bits per heavy atom. The van der Waals surface area contributed by atoms with Gasteiger partial charge in [-0.1, -0.05) is 11.3 Å². The quantitative estimate of drug-likeness (QED) is 0.908. The number of nitrogens with zero attached hydrogens (tertiary/aromatic N) is 4. The lowest BCUT2D eigenvalue weighted by Crippen LogP contribution is -2.26. The van der Waals surface area contributed by atoms with E-state index >= 15 is 0 Å². The maximum absolute atomic E-state index is 12.1. The fourth-order valence-electron chi connectivity index (χ4n) is 1.35. The van der Waals surface area contributed by atoms with E-state index in [1.165, 1.54) is 16.2 Å². The van der Waals surface area contributed by atoms with Crippen LogP contribution in [-0.4, -0.2) is 34.7 Å². The van der Waals surface area contributed by atoms with Gasteiger partial charge in [0.25, 0.3) is 5.91 Å². The van der Waals surface area contributed by atoms with Crippen LogP contribution in [0.1, 0.15) is 16.7 Å². The van der Waals surface area contributed by atoms with Crippen LogP contribution in [0.3, 0.4) is 0 Å². The van der Waals surface area contributed by atoms with E-state index in [2.05, 4.69) is 20.5 Å². The topological polar surface area (TPSA) is 71.0 Å². The fraction of sp³-hybridized carbons (Fsp3) is 0.273. The molecule has 0 saturated heterocycles. The van der Waals surface area contributed by atoms with Gasteiger partial charge in [-0.3, -0.25) is 9.78 Å². The molecule has 1 amide bonds. The molecule has 0 bridgehead atoms. The van der Waals surface area contributed by atoms with Crippen LogP contribution < -0.4 is 10.2 Å². The van der Waals surface area contributed by atoms with Gasteiger partial charge in [0.05, 0.1) is 11.9 Å². The number of rotatable bonds is 4. The molecule has 0 aromatic carbocycles. The molecule has 1 N–H and O–H groups in total. The predicted molar refractivity (Wildman–Crippen MR) is 71.0 cm³/mol. The van der Waals surface area contributed by atoms with E-state index in [4.69, 9.17) is 0 Å². The zero-order valence-corrected chi connectivity index (χ0v) is 10.9. The minimum absolute atomic E-state index is 0.190. The number of hydrogen-bond acceptors (Lipinski definition) is 6. The van der Waals surface area contributed by atoms with Crippen LogP contribution in [0.2, 0.25) is 0 Å². The SMILES string of the molecule is CCNc1nnc(C(=O)N(C)c2cccnc2)s1. The Morgan fingerprint density at radius 2 is 2.33 bits per heavy atom. The van der Waals surface area contributed by atoms with E-state index in [-0.39, 0.29) is 5.91 Å². The Morgan fingerprint density at radius 1 is 1.50 bits per heavy atom. The van der Waals surface area contributed by atoms with Gasteiger partial charge < -0.3 is 10.2 Å². The van der Waals surface area contributed by atoms with E-state index < -0.39 is 0 Å². The molecule has 0 unspecified atom stereocenters. The van der Waals surface area contributed by atoms with Crippen molar-refractivity contribution in [2.45, 2.75) is 6.92 Å². The van der Waals surface area contributed by atoms with Crippen LogP contribution in [0.15, 0.2) is 24.5 Å². The van der Waals surface area contributed by atoms with E-state index in [1.54, 1.807) is 25.5 Å². The normalized spacial score (nSPS) is 10.1. The Labute approximate surface area is 109 Å². The van der Waals surface area contributed by atoms with Gasteiger partial charge in [0.1, 0.15) is 0 Å². The van der Waals surface area contributed by atoms with Gasteiger partial charge in [0.2, 0.25) is 10.1 Å². The second-order valence-electron chi connectivity index (χ2n) is 3.52. The van der Waals surface area contributed by atoms with Crippen molar-refractivity contribution in [3.05, 3.63) is 29.5 Å². The third kappa shape index (κ3) is 2.62. The van der Waals surface area contributed by atoms with Gasteiger partial charge in [0, 0.05) is 19.8 Å². The lowest BCUT2D eigenvalue weighted by atomic mass is 10.4. The van der Waals surface area contributed by atoms with Crippen molar-refractivity contribution < 1.29 is 4.79 Å². The maximum Gasteiger partial charge on any atom is 0.289 e. The molecule has 0 aliphatic carbocycles. The summed E-state index contributed by atoms with van der Waals surface area (Å²) in [5, 5.41) is 11.8. The fourth-order valence-corrected chi connectivity index (χ4v) is 2.13. The third-order valence-corrected chi connectivity index (χ3v) is 3.14. The molecule has 7 heteroatoms.